The molecule has 6 heteroatoms. The van der Waals surface area contributed by atoms with Gasteiger partial charge in [-0.25, -0.2) is 4.79 Å². The largest absolute Gasteiger partial charge is 0.507 e. The van der Waals surface area contributed by atoms with Crippen LogP contribution in [0, 0.1) is 5.92 Å². The molecule has 1 aromatic carbocycles. The van der Waals surface area contributed by atoms with Crippen LogP contribution >= 0.6 is 0 Å². The number of phenols is 1. The Morgan fingerprint density at radius 2 is 1.95 bits per heavy atom. The molecule has 21 heavy (non-hydrogen) atoms. The van der Waals surface area contributed by atoms with Gasteiger partial charge in [-0.3, -0.25) is 4.79 Å². The summed E-state index contributed by atoms with van der Waals surface area (Å²) in [5.41, 5.74) is -0.0145. The van der Waals surface area contributed by atoms with E-state index in [1.165, 1.54) is 32.2 Å². The predicted molar refractivity (Wildman–Crippen MR) is 77.4 cm³/mol. The number of hydrogen-bond donors (Lipinski definition) is 2. The van der Waals surface area contributed by atoms with Crippen LogP contribution in [-0.2, 0) is 9.53 Å². The van der Waals surface area contributed by atoms with Crippen molar-refractivity contribution in [2.24, 2.45) is 5.92 Å². The molecule has 0 aliphatic rings. The lowest BCUT2D eigenvalue weighted by molar-refractivity contribution is -0.129. The molecule has 116 valence electrons. The van der Waals surface area contributed by atoms with Gasteiger partial charge in [-0.2, -0.15) is 0 Å². The van der Waals surface area contributed by atoms with Crippen molar-refractivity contribution < 1.29 is 24.2 Å². The van der Waals surface area contributed by atoms with E-state index in [2.05, 4.69) is 5.32 Å². The predicted octanol–water partition coefficient (Wildman–Crippen LogP) is 1.72. The molecule has 0 fully saturated rings. The van der Waals surface area contributed by atoms with Crippen molar-refractivity contribution in [2.75, 3.05) is 13.7 Å². The third-order valence-corrected chi connectivity index (χ3v) is 2.76. The second-order valence-electron chi connectivity index (χ2n) is 5.07. The van der Waals surface area contributed by atoms with Crippen molar-refractivity contribution in [2.45, 2.75) is 26.9 Å². The number of nitrogens with one attached hydrogen (secondary N) is 1. The van der Waals surface area contributed by atoms with Crippen molar-refractivity contribution in [3.63, 3.8) is 0 Å². The second-order valence-corrected chi connectivity index (χ2v) is 5.07. The van der Waals surface area contributed by atoms with E-state index < -0.39 is 12.1 Å². The molecule has 1 amide bonds. The van der Waals surface area contributed by atoms with E-state index in [1.807, 2.05) is 13.8 Å². The van der Waals surface area contributed by atoms with Gasteiger partial charge in [0.2, 0.25) is 0 Å². The van der Waals surface area contributed by atoms with Crippen LogP contribution < -0.4 is 10.1 Å². The number of esters is 1. The maximum Gasteiger partial charge on any atom is 0.342 e. The number of methoxy groups -OCH3 is 1. The maximum atomic E-state index is 11.9. The Morgan fingerprint density at radius 3 is 2.48 bits per heavy atom. The molecular weight excluding hydrogens is 274 g/mol. The molecule has 2 N–H and O–H groups in total. The number of phenolic OH excluding ortho intramolecular Hbond substituents is 1. The molecule has 0 unspecified atom stereocenters. The molecule has 1 rings (SSSR count). The number of rotatable bonds is 6. The smallest absolute Gasteiger partial charge is 0.342 e. The second kappa shape index (κ2) is 7.52. The number of aromatic hydroxyl groups is 1. The highest BCUT2D eigenvalue weighted by Crippen LogP contribution is 2.24. The van der Waals surface area contributed by atoms with Crippen LogP contribution in [0.1, 0.15) is 31.1 Å². The zero-order chi connectivity index (χ0) is 16.0. The van der Waals surface area contributed by atoms with E-state index in [9.17, 15) is 14.7 Å². The van der Waals surface area contributed by atoms with E-state index in [4.69, 9.17) is 9.47 Å². The molecule has 1 atom stereocenters. The Balaban J connectivity index is 2.66. The molecule has 0 aliphatic carbocycles. The van der Waals surface area contributed by atoms with E-state index in [0.29, 0.717) is 18.2 Å². The third kappa shape index (κ3) is 4.98. The molecule has 6 nitrogen and oxygen atoms in total. The monoisotopic (exact) mass is 295 g/mol. The number of benzene rings is 1. The van der Waals surface area contributed by atoms with E-state index in [1.54, 1.807) is 0 Å². The van der Waals surface area contributed by atoms with Gasteiger partial charge < -0.3 is 19.9 Å². The fourth-order valence-corrected chi connectivity index (χ4v) is 1.54. The Morgan fingerprint density at radius 1 is 1.29 bits per heavy atom. The standard InChI is InChI=1S/C15H21NO5/c1-9(2)8-16-14(18)10(3)21-15(19)12-6-5-11(20-4)7-13(12)17/h5-7,9-10,17H,8H2,1-4H3,(H,16,18)/t10-/m1/s1. The molecular formula is C15H21NO5. The third-order valence-electron chi connectivity index (χ3n) is 2.76. The highest BCUT2D eigenvalue weighted by molar-refractivity contribution is 5.94. The van der Waals surface area contributed by atoms with Gasteiger partial charge in [0, 0.05) is 12.6 Å². The summed E-state index contributed by atoms with van der Waals surface area (Å²) in [4.78, 5) is 23.6. The molecule has 0 saturated carbocycles. The summed E-state index contributed by atoms with van der Waals surface area (Å²) >= 11 is 0. The first-order valence-electron chi connectivity index (χ1n) is 6.70. The Bertz CT molecular complexity index is 513. The lowest BCUT2D eigenvalue weighted by atomic mass is 10.2. The van der Waals surface area contributed by atoms with E-state index in [-0.39, 0.29) is 17.2 Å². The Hall–Kier alpha value is -2.24. The molecule has 0 heterocycles. The zero-order valence-corrected chi connectivity index (χ0v) is 12.7. The first-order valence-corrected chi connectivity index (χ1v) is 6.70. The summed E-state index contributed by atoms with van der Waals surface area (Å²) in [6.07, 6.45) is -0.933. The Labute approximate surface area is 124 Å². The number of hydrogen-bond acceptors (Lipinski definition) is 5. The fraction of sp³-hybridized carbons (Fsp3) is 0.467. The average Bonchev–Trinajstić information content (AvgIpc) is 2.43. The quantitative estimate of drug-likeness (QED) is 0.781. The Kier molecular flexibility index (Phi) is 6.02. The highest BCUT2D eigenvalue weighted by atomic mass is 16.5. The molecule has 1 aromatic rings. The van der Waals surface area contributed by atoms with E-state index in [0.717, 1.165) is 0 Å². The van der Waals surface area contributed by atoms with Gasteiger partial charge in [0.15, 0.2) is 6.10 Å². The minimum absolute atomic E-state index is 0.0145. The lowest BCUT2D eigenvalue weighted by Gasteiger charge is -2.15. The van der Waals surface area contributed by atoms with Crippen LogP contribution in [0.3, 0.4) is 0 Å². The molecule has 0 radical (unpaired) electrons. The van der Waals surface area contributed by atoms with Gasteiger partial charge in [0.05, 0.1) is 7.11 Å². The van der Waals surface area contributed by atoms with Crippen molar-refractivity contribution in [3.8, 4) is 11.5 Å². The van der Waals surface area contributed by atoms with Gasteiger partial charge in [-0.05, 0) is 25.0 Å². The van der Waals surface area contributed by atoms with Crippen LogP contribution in [0.2, 0.25) is 0 Å². The van der Waals surface area contributed by atoms with Gasteiger partial charge in [-0.1, -0.05) is 13.8 Å². The summed E-state index contributed by atoms with van der Waals surface area (Å²) in [6, 6.07) is 4.22. The van der Waals surface area contributed by atoms with Gasteiger partial charge >= 0.3 is 5.97 Å². The van der Waals surface area contributed by atoms with Crippen LogP contribution in [0.5, 0.6) is 11.5 Å². The number of carbonyl (C=O) groups is 2. The SMILES string of the molecule is COc1ccc(C(=O)O[C@H](C)C(=O)NCC(C)C)c(O)c1. The van der Waals surface area contributed by atoms with Crippen LogP contribution in [0.4, 0.5) is 0 Å². The summed E-state index contributed by atoms with van der Waals surface area (Å²) < 4.78 is 9.96. The molecule has 0 bridgehead atoms. The number of ether oxygens (including phenoxy) is 2. The molecule has 0 saturated heterocycles. The van der Waals surface area contributed by atoms with E-state index >= 15 is 0 Å². The first-order chi connectivity index (χ1) is 9.85. The van der Waals surface area contributed by atoms with Gasteiger partial charge in [0.1, 0.15) is 17.1 Å². The van der Waals surface area contributed by atoms with Crippen molar-refractivity contribution >= 4 is 11.9 Å². The minimum Gasteiger partial charge on any atom is -0.507 e. The molecule has 0 spiro atoms. The summed E-state index contributed by atoms with van der Waals surface area (Å²) in [7, 11) is 1.45. The normalized spacial score (nSPS) is 11.9. The van der Waals surface area contributed by atoms with Gasteiger partial charge in [-0.15, -0.1) is 0 Å². The zero-order valence-electron chi connectivity index (χ0n) is 12.7. The molecule has 0 aromatic heterocycles. The summed E-state index contributed by atoms with van der Waals surface area (Å²) in [5.74, 6) is -0.657. The first kappa shape index (κ1) is 16.8. The van der Waals surface area contributed by atoms with Crippen LogP contribution in [0.25, 0.3) is 0 Å². The topological polar surface area (TPSA) is 84.9 Å². The number of amides is 1. The maximum absolute atomic E-state index is 11.9. The highest BCUT2D eigenvalue weighted by Gasteiger charge is 2.21. The lowest BCUT2D eigenvalue weighted by Crippen LogP contribution is -2.37. The van der Waals surface area contributed by atoms with Crippen molar-refractivity contribution in [1.29, 1.82) is 0 Å². The van der Waals surface area contributed by atoms with Crippen LogP contribution in [0.15, 0.2) is 18.2 Å². The average molecular weight is 295 g/mol. The van der Waals surface area contributed by atoms with Crippen molar-refractivity contribution in [3.05, 3.63) is 23.8 Å². The minimum atomic E-state index is -0.933. The summed E-state index contributed by atoms with van der Waals surface area (Å²) in [5, 5.41) is 12.4. The fourth-order valence-electron chi connectivity index (χ4n) is 1.54. The summed E-state index contributed by atoms with van der Waals surface area (Å²) in [6.45, 7) is 5.92. The van der Waals surface area contributed by atoms with Crippen LogP contribution in [-0.4, -0.2) is 36.7 Å². The number of carbonyl (C=O) groups excluding carboxylic acids is 2. The molecule has 0 aliphatic heterocycles. The van der Waals surface area contributed by atoms with Gasteiger partial charge in [0.25, 0.3) is 5.91 Å². The van der Waals surface area contributed by atoms with Crippen molar-refractivity contribution in [1.82, 2.24) is 5.32 Å².